The molecule has 3 heterocycles. The Morgan fingerprint density at radius 2 is 1.38 bits per heavy atom. The fourth-order valence-corrected chi connectivity index (χ4v) is 3.61. The lowest BCUT2D eigenvalue weighted by molar-refractivity contribution is 0.0357. The predicted octanol–water partition coefficient (Wildman–Crippen LogP) is 5.43. The average Bonchev–Trinajstić information content (AvgIpc) is 2.95. The first-order chi connectivity index (χ1) is 18.2. The van der Waals surface area contributed by atoms with Gasteiger partial charge < -0.3 is 14.2 Å². The number of nitrogens with zero attached hydrogens (tertiary/aromatic N) is 4. The number of rotatable bonds is 13. The molecule has 7 nitrogen and oxygen atoms in total. The largest absolute Gasteiger partial charge is 0.491 e. The minimum Gasteiger partial charge on any atom is -0.491 e. The highest BCUT2D eigenvalue weighted by molar-refractivity contribution is 5.61. The summed E-state index contributed by atoms with van der Waals surface area (Å²) in [5.41, 5.74) is 6.27. The number of pyridine rings is 3. The van der Waals surface area contributed by atoms with E-state index in [1.165, 1.54) is 5.56 Å². The molecule has 4 rings (SSSR count). The summed E-state index contributed by atoms with van der Waals surface area (Å²) in [4.78, 5) is 13.8. The molecular formula is C30H30N4O3. The molecule has 0 saturated heterocycles. The van der Waals surface area contributed by atoms with Crippen molar-refractivity contribution in [2.75, 3.05) is 33.0 Å². The summed E-state index contributed by atoms with van der Waals surface area (Å²) in [5.74, 6) is 0.728. The Balaban J connectivity index is 1.10. The molecule has 0 N–H and O–H groups in total. The molecular weight excluding hydrogens is 464 g/mol. The van der Waals surface area contributed by atoms with Gasteiger partial charge in [-0.05, 0) is 79.4 Å². The van der Waals surface area contributed by atoms with Crippen molar-refractivity contribution in [2.24, 2.45) is 0 Å². The Morgan fingerprint density at radius 1 is 0.703 bits per heavy atom. The smallest absolute Gasteiger partial charge is 0.119 e. The molecule has 188 valence electrons. The van der Waals surface area contributed by atoms with Crippen LogP contribution in [-0.2, 0) is 15.9 Å². The van der Waals surface area contributed by atoms with Crippen molar-refractivity contribution in [1.29, 1.82) is 5.26 Å². The molecule has 0 saturated carbocycles. The van der Waals surface area contributed by atoms with E-state index in [1.807, 2.05) is 55.7 Å². The summed E-state index contributed by atoms with van der Waals surface area (Å²) >= 11 is 0. The summed E-state index contributed by atoms with van der Waals surface area (Å²) < 4.78 is 16.8. The molecule has 7 heteroatoms. The highest BCUT2D eigenvalue weighted by atomic mass is 16.5. The number of ether oxygens (including phenoxy) is 3. The second-order valence-corrected chi connectivity index (χ2v) is 8.49. The van der Waals surface area contributed by atoms with Crippen LogP contribution in [0.3, 0.4) is 0 Å². The molecule has 37 heavy (non-hydrogen) atoms. The molecule has 3 aromatic heterocycles. The van der Waals surface area contributed by atoms with Gasteiger partial charge in [-0.1, -0.05) is 18.2 Å². The number of aromatic nitrogens is 3. The van der Waals surface area contributed by atoms with Gasteiger partial charge in [-0.2, -0.15) is 5.26 Å². The van der Waals surface area contributed by atoms with Gasteiger partial charge in [0.05, 0.1) is 54.2 Å². The van der Waals surface area contributed by atoms with E-state index in [2.05, 4.69) is 22.1 Å². The monoisotopic (exact) mass is 494 g/mol. The molecule has 0 atom stereocenters. The fourth-order valence-electron chi connectivity index (χ4n) is 3.61. The Hall–Kier alpha value is -4.12. The van der Waals surface area contributed by atoms with Gasteiger partial charge in [0.25, 0.3) is 0 Å². The molecule has 0 amide bonds. The van der Waals surface area contributed by atoms with E-state index < -0.39 is 0 Å². The van der Waals surface area contributed by atoms with Crippen molar-refractivity contribution < 1.29 is 14.2 Å². The fraction of sp³-hybridized carbons (Fsp3) is 0.267. The molecule has 0 spiro atoms. The zero-order valence-corrected chi connectivity index (χ0v) is 21.0. The SMILES string of the molecule is Cc1ccc(-c2cccc(-c3ccc(CCCOCCOCCOc4ccc(C#N)cc4)cn3)n2)nc1. The summed E-state index contributed by atoms with van der Waals surface area (Å²) in [5, 5.41) is 8.80. The van der Waals surface area contributed by atoms with Crippen molar-refractivity contribution in [2.45, 2.75) is 19.8 Å². The van der Waals surface area contributed by atoms with Crippen LogP contribution in [-0.4, -0.2) is 48.0 Å². The van der Waals surface area contributed by atoms with Crippen LogP contribution in [0.25, 0.3) is 22.8 Å². The van der Waals surface area contributed by atoms with Gasteiger partial charge in [0.1, 0.15) is 12.4 Å². The molecule has 0 radical (unpaired) electrons. The first-order valence-electron chi connectivity index (χ1n) is 12.3. The third-order valence-corrected chi connectivity index (χ3v) is 5.62. The maximum Gasteiger partial charge on any atom is 0.119 e. The Kier molecular flexibility index (Phi) is 9.70. The average molecular weight is 495 g/mol. The standard InChI is InChI=1S/C30H30N4O3/c1-23-7-13-27(32-21-23)29-5-2-6-30(34-29)28-14-10-25(22-33-28)4-3-15-35-16-17-36-18-19-37-26-11-8-24(20-31)9-12-26/h2,5-14,21-22H,3-4,15-19H2,1H3. The lowest BCUT2D eigenvalue weighted by atomic mass is 10.1. The van der Waals surface area contributed by atoms with Crippen LogP contribution >= 0.6 is 0 Å². The van der Waals surface area contributed by atoms with E-state index in [9.17, 15) is 0 Å². The Morgan fingerprint density at radius 3 is 2.03 bits per heavy atom. The minimum absolute atomic E-state index is 0.456. The molecule has 0 aliphatic rings. The van der Waals surface area contributed by atoms with E-state index in [0.717, 1.165) is 46.9 Å². The normalized spacial score (nSPS) is 10.7. The predicted molar refractivity (Wildman–Crippen MR) is 142 cm³/mol. The van der Waals surface area contributed by atoms with Crippen LogP contribution in [0.1, 0.15) is 23.1 Å². The van der Waals surface area contributed by atoms with E-state index in [-0.39, 0.29) is 0 Å². The first kappa shape index (κ1) is 26.0. The highest BCUT2D eigenvalue weighted by Gasteiger charge is 2.06. The van der Waals surface area contributed by atoms with Crippen molar-refractivity contribution in [3.63, 3.8) is 0 Å². The Labute approximate surface area is 217 Å². The van der Waals surface area contributed by atoms with Gasteiger partial charge in [0.15, 0.2) is 0 Å². The zero-order valence-electron chi connectivity index (χ0n) is 21.0. The number of hydrogen-bond acceptors (Lipinski definition) is 7. The van der Waals surface area contributed by atoms with E-state index in [4.69, 9.17) is 24.5 Å². The maximum absolute atomic E-state index is 8.80. The number of benzene rings is 1. The van der Waals surface area contributed by atoms with Gasteiger partial charge in [-0.15, -0.1) is 0 Å². The second kappa shape index (κ2) is 13.8. The number of aryl methyl sites for hydroxylation is 2. The zero-order chi connectivity index (χ0) is 25.7. The maximum atomic E-state index is 8.80. The summed E-state index contributed by atoms with van der Waals surface area (Å²) in [7, 11) is 0. The van der Waals surface area contributed by atoms with Gasteiger partial charge in [0.2, 0.25) is 0 Å². The topological polar surface area (TPSA) is 90.2 Å². The molecule has 0 fully saturated rings. The van der Waals surface area contributed by atoms with E-state index in [1.54, 1.807) is 24.3 Å². The van der Waals surface area contributed by atoms with Crippen LogP contribution in [0.4, 0.5) is 0 Å². The van der Waals surface area contributed by atoms with Crippen molar-refractivity contribution in [1.82, 2.24) is 15.0 Å². The molecule has 0 aliphatic carbocycles. The highest BCUT2D eigenvalue weighted by Crippen LogP contribution is 2.20. The third-order valence-electron chi connectivity index (χ3n) is 5.62. The summed E-state index contributed by atoms with van der Waals surface area (Å²) in [6, 6.07) is 23.2. The van der Waals surface area contributed by atoms with Crippen LogP contribution in [0.5, 0.6) is 5.75 Å². The molecule has 0 aliphatic heterocycles. The third kappa shape index (κ3) is 8.21. The van der Waals surface area contributed by atoms with Gasteiger partial charge in [-0.3, -0.25) is 9.97 Å². The van der Waals surface area contributed by atoms with Crippen molar-refractivity contribution in [3.05, 3.63) is 95.8 Å². The lowest BCUT2D eigenvalue weighted by Gasteiger charge is -2.08. The van der Waals surface area contributed by atoms with Gasteiger partial charge >= 0.3 is 0 Å². The van der Waals surface area contributed by atoms with E-state index >= 15 is 0 Å². The summed E-state index contributed by atoms with van der Waals surface area (Å²) in [6.07, 6.45) is 5.57. The van der Waals surface area contributed by atoms with E-state index in [0.29, 0.717) is 38.6 Å². The lowest BCUT2D eigenvalue weighted by Crippen LogP contribution is -2.11. The van der Waals surface area contributed by atoms with Crippen LogP contribution in [0.2, 0.25) is 0 Å². The van der Waals surface area contributed by atoms with Crippen LogP contribution in [0.15, 0.2) is 79.1 Å². The van der Waals surface area contributed by atoms with Crippen LogP contribution in [0, 0.1) is 18.3 Å². The first-order valence-corrected chi connectivity index (χ1v) is 12.3. The molecule has 0 bridgehead atoms. The molecule has 0 unspecified atom stereocenters. The van der Waals surface area contributed by atoms with Gasteiger partial charge in [-0.25, -0.2) is 4.98 Å². The van der Waals surface area contributed by atoms with Crippen LogP contribution < -0.4 is 4.74 Å². The molecule has 4 aromatic rings. The quantitative estimate of drug-likeness (QED) is 0.229. The minimum atomic E-state index is 0.456. The van der Waals surface area contributed by atoms with Crippen molar-refractivity contribution >= 4 is 0 Å². The second-order valence-electron chi connectivity index (χ2n) is 8.49. The van der Waals surface area contributed by atoms with Gasteiger partial charge in [0, 0.05) is 19.0 Å². The van der Waals surface area contributed by atoms with Crippen molar-refractivity contribution in [3.8, 4) is 34.6 Å². The molecule has 1 aromatic carbocycles. The Bertz CT molecular complexity index is 1280. The summed E-state index contributed by atoms with van der Waals surface area (Å²) in [6.45, 7) is 4.70. The number of hydrogen-bond donors (Lipinski definition) is 0. The number of nitriles is 1.